The fourth-order valence-corrected chi connectivity index (χ4v) is 2.97. The van der Waals surface area contributed by atoms with E-state index in [4.69, 9.17) is 4.74 Å². The van der Waals surface area contributed by atoms with E-state index in [0.717, 1.165) is 0 Å². The molecule has 6 heteroatoms. The summed E-state index contributed by atoms with van der Waals surface area (Å²) in [6.45, 7) is 10.5. The summed E-state index contributed by atoms with van der Waals surface area (Å²) >= 11 is 0. The molecular formula is C22H29CuLiNO2Si. The van der Waals surface area contributed by atoms with E-state index in [2.05, 4.69) is 48.7 Å². The summed E-state index contributed by atoms with van der Waals surface area (Å²) in [7, 11) is -0.212. The second kappa shape index (κ2) is 16.7. The molecule has 28 heavy (non-hydrogen) atoms. The molecule has 0 saturated heterocycles. The number of ether oxygens (including phenoxy) is 1. The number of amides is 1. The van der Waals surface area contributed by atoms with E-state index in [1.54, 1.807) is 12.1 Å². The van der Waals surface area contributed by atoms with Gasteiger partial charge in [-0.15, -0.1) is 5.69 Å². The Bertz CT molecular complexity index is 667. The van der Waals surface area contributed by atoms with Crippen molar-refractivity contribution in [3.8, 4) is 0 Å². The van der Waals surface area contributed by atoms with Crippen molar-refractivity contribution in [2.75, 3.05) is 0 Å². The minimum Gasteiger partial charge on any atom is -0.591 e. The van der Waals surface area contributed by atoms with Crippen LogP contribution in [-0.4, -0.2) is 21.0 Å². The Morgan fingerprint density at radius 3 is 1.89 bits per heavy atom. The smallest absolute Gasteiger partial charge is 0.591 e. The number of carbonyl (C=O) groups is 1. The van der Waals surface area contributed by atoms with Gasteiger partial charge >= 0.3 is 18.9 Å². The number of para-hydroxylation sites is 1. The van der Waals surface area contributed by atoms with E-state index >= 15 is 0 Å². The summed E-state index contributed by atoms with van der Waals surface area (Å²) in [5, 5.41) is 5.38. The minimum absolute atomic E-state index is 0. The van der Waals surface area contributed by atoms with Gasteiger partial charge in [-0.1, -0.05) is 98.9 Å². The minimum atomic E-state index is -0.548. The first-order valence-corrected chi connectivity index (χ1v) is 11.4. The fraction of sp³-hybridized carbons (Fsp3) is 0.318. The van der Waals surface area contributed by atoms with Crippen molar-refractivity contribution >= 4 is 25.8 Å². The maximum atomic E-state index is 11.6. The summed E-state index contributed by atoms with van der Waals surface area (Å²) in [5.41, 5.74) is 0.612. The molecule has 150 valence electrons. The van der Waals surface area contributed by atoms with Gasteiger partial charge in [0.15, 0.2) is 0 Å². The predicted molar refractivity (Wildman–Crippen MR) is 113 cm³/mol. The van der Waals surface area contributed by atoms with E-state index < -0.39 is 6.09 Å². The normalized spacial score (nSPS) is 11.0. The average molecular weight is 438 g/mol. The van der Waals surface area contributed by atoms with Crippen molar-refractivity contribution in [2.24, 2.45) is 5.92 Å². The number of benzene rings is 2. The zero-order chi connectivity index (χ0) is 19.4. The molecule has 0 aliphatic heterocycles. The van der Waals surface area contributed by atoms with Gasteiger partial charge < -0.3 is 10.1 Å². The summed E-state index contributed by atoms with van der Waals surface area (Å²) in [4.78, 5) is 11.6. The van der Waals surface area contributed by atoms with E-state index in [1.807, 2.05) is 51.1 Å². The maximum Gasteiger partial charge on any atom is 1.00 e. The molecule has 0 aliphatic carbocycles. The molecule has 0 aromatic heterocycles. The van der Waals surface area contributed by atoms with Gasteiger partial charge in [-0.3, -0.25) is 4.79 Å². The molecule has 1 atom stereocenters. The quantitative estimate of drug-likeness (QED) is 0.532. The molecule has 3 nitrogen and oxygen atoms in total. The van der Waals surface area contributed by atoms with Crippen LogP contribution in [0, 0.1) is 5.92 Å². The van der Waals surface area contributed by atoms with Crippen LogP contribution in [0.25, 0.3) is 5.32 Å². The molecule has 0 N–H and O–H groups in total. The van der Waals surface area contributed by atoms with Crippen molar-refractivity contribution in [3.63, 3.8) is 0 Å². The number of rotatable bonds is 5. The molecule has 0 spiro atoms. The Labute approximate surface area is 194 Å². The Morgan fingerprint density at radius 1 is 1.00 bits per heavy atom. The van der Waals surface area contributed by atoms with Crippen LogP contribution in [0.4, 0.5) is 10.5 Å². The summed E-state index contributed by atoms with van der Waals surface area (Å²) in [5.74, 6) is 0.237. The van der Waals surface area contributed by atoms with Gasteiger partial charge in [0.25, 0.3) is 0 Å². The van der Waals surface area contributed by atoms with E-state index in [-0.39, 0.29) is 56.7 Å². The molecule has 0 fully saturated rings. The Morgan fingerprint density at radius 2 is 1.50 bits per heavy atom. The molecule has 2 rings (SSSR count). The predicted octanol–water partition coefficient (Wildman–Crippen LogP) is 3.08. The first kappa shape index (κ1) is 29.0. The maximum absolute atomic E-state index is 11.6. The molecule has 0 heterocycles. The van der Waals surface area contributed by atoms with Crippen molar-refractivity contribution in [1.29, 1.82) is 0 Å². The zero-order valence-corrected chi connectivity index (χ0v) is 19.6. The second-order valence-electron chi connectivity index (χ2n) is 6.43. The van der Waals surface area contributed by atoms with Crippen LogP contribution >= 0.6 is 0 Å². The first-order valence-electron chi connectivity index (χ1n) is 8.89. The Balaban J connectivity index is 0. The molecule has 1 unspecified atom stereocenters. The number of nitrogens with zero attached hydrogens (tertiary/aromatic N) is 1. The van der Waals surface area contributed by atoms with Gasteiger partial charge in [0, 0.05) is 17.1 Å². The van der Waals surface area contributed by atoms with Crippen LogP contribution in [0.2, 0.25) is 13.1 Å². The number of hydrogen-bond acceptors (Lipinski definition) is 2. The Hall–Kier alpha value is -1.22. The van der Waals surface area contributed by atoms with Crippen LogP contribution in [0.1, 0.15) is 20.8 Å². The van der Waals surface area contributed by atoms with Crippen LogP contribution in [-0.2, 0) is 21.8 Å². The Kier molecular flexibility index (Phi) is 17.3. The largest absolute Gasteiger partial charge is 1.00 e. The zero-order valence-electron chi connectivity index (χ0n) is 17.6. The second-order valence-corrected chi connectivity index (χ2v) is 9.01. The molecule has 2 radical (unpaired) electrons. The first-order chi connectivity index (χ1) is 12.4. The molecular weight excluding hydrogens is 409 g/mol. The van der Waals surface area contributed by atoms with Crippen molar-refractivity contribution in [3.05, 3.63) is 78.1 Å². The van der Waals surface area contributed by atoms with E-state index in [0.29, 0.717) is 5.69 Å². The monoisotopic (exact) mass is 437 g/mol. The molecule has 2 aromatic carbocycles. The van der Waals surface area contributed by atoms with Gasteiger partial charge in [-0.2, -0.15) is 0 Å². The van der Waals surface area contributed by atoms with Crippen molar-refractivity contribution in [1.82, 2.24) is 0 Å². The van der Waals surface area contributed by atoms with E-state index in [1.165, 1.54) is 5.19 Å². The summed E-state index contributed by atoms with van der Waals surface area (Å²) < 4.78 is 5.26. The van der Waals surface area contributed by atoms with Gasteiger partial charge in [0.2, 0.25) is 6.09 Å². The molecule has 1 amide bonds. The average Bonchev–Trinajstić information content (AvgIpc) is 2.63. The van der Waals surface area contributed by atoms with Crippen molar-refractivity contribution in [2.45, 2.75) is 40.0 Å². The van der Waals surface area contributed by atoms with Crippen LogP contribution < -0.4 is 24.0 Å². The standard InChI is InChI=1S/C14H19NO2.C8H11Si.Cu.Li/c1-4-8-13(11(2)3)17-14(16)15-12-9-6-5-7-10-12;1-9(2)8-6-4-3-5-7-8;;/h4-11,13H,1-3H3,(H,15,16);3-7H,1-2H3;;/q;;;+1/p-1/b8-4-;;;. The summed E-state index contributed by atoms with van der Waals surface area (Å²) in [6.07, 6.45) is 2.97. The third-order valence-corrected chi connectivity index (χ3v) is 5.09. The molecule has 0 bridgehead atoms. The number of hydrogen-bond donors (Lipinski definition) is 0. The van der Waals surface area contributed by atoms with Crippen LogP contribution in [0.3, 0.4) is 0 Å². The summed E-state index contributed by atoms with van der Waals surface area (Å²) in [6, 6.07) is 19.7. The third-order valence-electron chi connectivity index (χ3n) is 3.60. The van der Waals surface area contributed by atoms with Gasteiger partial charge in [-0.25, -0.2) is 0 Å². The third kappa shape index (κ3) is 12.3. The fourth-order valence-electron chi connectivity index (χ4n) is 2.11. The number of carbonyl (C=O) groups excluding carboxylic acids is 1. The molecule has 0 saturated carbocycles. The number of allylic oxidation sites excluding steroid dienone is 1. The van der Waals surface area contributed by atoms with Gasteiger partial charge in [-0.05, 0) is 18.9 Å². The van der Waals surface area contributed by atoms with Gasteiger partial charge in [0.05, 0.1) is 8.80 Å². The van der Waals surface area contributed by atoms with E-state index in [9.17, 15) is 4.79 Å². The van der Waals surface area contributed by atoms with Crippen LogP contribution in [0.5, 0.6) is 0 Å². The molecule has 2 aromatic rings. The van der Waals surface area contributed by atoms with Crippen molar-refractivity contribution < 1.29 is 45.5 Å². The van der Waals surface area contributed by atoms with Gasteiger partial charge in [0.1, 0.15) is 6.10 Å². The molecule has 0 aliphatic rings. The topological polar surface area (TPSA) is 40.4 Å². The van der Waals surface area contributed by atoms with Crippen LogP contribution in [0.15, 0.2) is 72.8 Å². The SMILES string of the molecule is C/C=C\C(OC(=O)[N-]c1ccccc1)C(C)C.C[Si](C)c1ccccc1.[Cu].[Li+].